The van der Waals surface area contributed by atoms with Crippen molar-refractivity contribution in [2.24, 2.45) is 0 Å². The molecule has 0 bridgehead atoms. The minimum Gasteiger partial charge on any atom is -0.462 e. The molecule has 0 aromatic rings. The third kappa shape index (κ3) is 44.2. The van der Waals surface area contributed by atoms with Crippen LogP contribution in [0.1, 0.15) is 233 Å². The van der Waals surface area contributed by atoms with Crippen LogP contribution in [0.2, 0.25) is 0 Å². The van der Waals surface area contributed by atoms with E-state index in [1.54, 1.807) is 0 Å². The van der Waals surface area contributed by atoms with Gasteiger partial charge in [0, 0.05) is 19.3 Å². The van der Waals surface area contributed by atoms with Crippen molar-refractivity contribution in [1.29, 1.82) is 0 Å². The lowest BCUT2D eigenvalue weighted by Gasteiger charge is -2.18. The zero-order valence-electron chi connectivity index (χ0n) is 38.0. The molecule has 6 heteroatoms. The number of hydrogen-bond donors (Lipinski definition) is 0. The molecule has 0 rings (SSSR count). The lowest BCUT2D eigenvalue weighted by Crippen LogP contribution is -2.30. The number of rotatable bonds is 43. The quantitative estimate of drug-likeness (QED) is 0.0201. The number of ether oxygens (including phenoxy) is 3. The van der Waals surface area contributed by atoms with E-state index in [1.807, 2.05) is 0 Å². The Kier molecular flexibility index (Phi) is 44.5. The first kappa shape index (κ1) is 55.1. The van der Waals surface area contributed by atoms with Gasteiger partial charge in [0.05, 0.1) is 0 Å². The Morgan fingerprint density at radius 2 is 0.690 bits per heavy atom. The zero-order valence-corrected chi connectivity index (χ0v) is 38.0. The first-order valence-electron chi connectivity index (χ1n) is 24.3. The van der Waals surface area contributed by atoms with Crippen LogP contribution in [0.3, 0.4) is 0 Å². The van der Waals surface area contributed by atoms with Crippen molar-refractivity contribution >= 4 is 17.9 Å². The van der Waals surface area contributed by atoms with E-state index in [4.69, 9.17) is 14.2 Å². The van der Waals surface area contributed by atoms with Gasteiger partial charge < -0.3 is 14.2 Å². The standard InChI is InChI=1S/C52H90O6/c1-4-7-10-13-16-19-22-25-26-28-30-33-36-39-42-45-51(54)57-48-49(47-56-50(53)44-41-38-35-32-29-24-21-18-15-12-9-6-3)58-52(55)46-43-40-37-34-31-27-23-20-17-14-11-8-5-2/h8,11,14,17-23,49H,4-7,9-10,12-13,15-16,24-48H2,1-3H3/b11-8-,17-14-,21-18-,22-19-,23-20-. The monoisotopic (exact) mass is 811 g/mol. The van der Waals surface area contributed by atoms with Gasteiger partial charge in [0.1, 0.15) is 13.2 Å². The Bertz CT molecular complexity index is 1070. The molecule has 1 atom stereocenters. The van der Waals surface area contributed by atoms with E-state index >= 15 is 0 Å². The summed E-state index contributed by atoms with van der Waals surface area (Å²) in [6, 6.07) is 0. The van der Waals surface area contributed by atoms with Crippen LogP contribution in [-0.4, -0.2) is 37.2 Å². The Morgan fingerprint density at radius 3 is 1.12 bits per heavy atom. The van der Waals surface area contributed by atoms with Crippen LogP contribution in [0, 0.1) is 0 Å². The SMILES string of the molecule is CC\C=C/C=C\C=C/CCCCCCCC(=O)OC(COC(=O)CCCCCCC/C=C\CCCCC)COC(=O)CCCCCCCCC/C=C\CCCCCC. The van der Waals surface area contributed by atoms with Crippen LogP contribution in [-0.2, 0) is 28.6 Å². The molecule has 0 aliphatic heterocycles. The Balaban J connectivity index is 4.41. The summed E-state index contributed by atoms with van der Waals surface area (Å²) in [6.45, 7) is 6.43. The van der Waals surface area contributed by atoms with Gasteiger partial charge in [-0.2, -0.15) is 0 Å². The zero-order chi connectivity index (χ0) is 42.3. The summed E-state index contributed by atoms with van der Waals surface area (Å²) in [4.78, 5) is 37.8. The predicted octanol–water partition coefficient (Wildman–Crippen LogP) is 15.7. The molecule has 0 heterocycles. The minimum atomic E-state index is -0.787. The molecule has 58 heavy (non-hydrogen) atoms. The Hall–Kier alpha value is -2.89. The van der Waals surface area contributed by atoms with E-state index in [-0.39, 0.29) is 31.1 Å². The third-order valence-corrected chi connectivity index (χ3v) is 10.3. The number of allylic oxidation sites excluding steroid dienone is 10. The molecule has 1 unspecified atom stereocenters. The molecule has 0 fully saturated rings. The second-order valence-corrected chi connectivity index (χ2v) is 16.0. The van der Waals surface area contributed by atoms with E-state index in [9.17, 15) is 14.4 Å². The van der Waals surface area contributed by atoms with Gasteiger partial charge in [0.25, 0.3) is 0 Å². The molecular formula is C52H90O6. The molecule has 0 spiro atoms. The molecule has 334 valence electrons. The highest BCUT2D eigenvalue weighted by Crippen LogP contribution is 2.14. The molecule has 0 amide bonds. The fourth-order valence-electron chi connectivity index (χ4n) is 6.61. The highest BCUT2D eigenvalue weighted by molar-refractivity contribution is 5.71. The number of unbranched alkanes of at least 4 members (excludes halogenated alkanes) is 24. The van der Waals surface area contributed by atoms with E-state index in [2.05, 4.69) is 81.5 Å². The van der Waals surface area contributed by atoms with Crippen LogP contribution in [0.5, 0.6) is 0 Å². The molecule has 0 aliphatic rings. The summed E-state index contributed by atoms with van der Waals surface area (Å²) in [5.41, 5.74) is 0. The number of esters is 3. The molecule has 0 aromatic heterocycles. The van der Waals surface area contributed by atoms with Gasteiger partial charge in [-0.05, 0) is 89.9 Å². The Morgan fingerprint density at radius 1 is 0.362 bits per heavy atom. The number of carbonyl (C=O) groups excluding carboxylic acids is 3. The van der Waals surface area contributed by atoms with Gasteiger partial charge in [-0.15, -0.1) is 0 Å². The molecule has 0 N–H and O–H groups in total. The summed E-state index contributed by atoms with van der Waals surface area (Å²) in [5.74, 6) is -0.922. The number of carbonyl (C=O) groups is 3. The van der Waals surface area contributed by atoms with Gasteiger partial charge in [-0.3, -0.25) is 14.4 Å². The third-order valence-electron chi connectivity index (χ3n) is 10.3. The van der Waals surface area contributed by atoms with E-state index < -0.39 is 6.10 Å². The summed E-state index contributed by atoms with van der Waals surface area (Å²) in [6.07, 6.45) is 56.3. The summed E-state index contributed by atoms with van der Waals surface area (Å²) < 4.78 is 16.7. The van der Waals surface area contributed by atoms with Gasteiger partial charge in [0.15, 0.2) is 6.10 Å². The van der Waals surface area contributed by atoms with Crippen molar-refractivity contribution in [3.63, 3.8) is 0 Å². The van der Waals surface area contributed by atoms with Gasteiger partial charge >= 0.3 is 17.9 Å². The van der Waals surface area contributed by atoms with Gasteiger partial charge in [-0.25, -0.2) is 0 Å². The fraction of sp³-hybridized carbons (Fsp3) is 0.750. The van der Waals surface area contributed by atoms with Crippen LogP contribution in [0.4, 0.5) is 0 Å². The van der Waals surface area contributed by atoms with E-state index in [0.29, 0.717) is 19.3 Å². The largest absolute Gasteiger partial charge is 0.462 e. The highest BCUT2D eigenvalue weighted by Gasteiger charge is 2.19. The van der Waals surface area contributed by atoms with Crippen molar-refractivity contribution in [3.05, 3.63) is 60.8 Å². The molecule has 0 radical (unpaired) electrons. The molecular weight excluding hydrogens is 721 g/mol. The van der Waals surface area contributed by atoms with Crippen molar-refractivity contribution in [3.8, 4) is 0 Å². The average molecular weight is 811 g/mol. The number of hydrogen-bond acceptors (Lipinski definition) is 6. The lowest BCUT2D eigenvalue weighted by atomic mass is 10.1. The Labute approximate surface area is 358 Å². The van der Waals surface area contributed by atoms with E-state index in [0.717, 1.165) is 89.9 Å². The van der Waals surface area contributed by atoms with Gasteiger partial charge in [0.2, 0.25) is 0 Å². The highest BCUT2D eigenvalue weighted by atomic mass is 16.6. The van der Waals surface area contributed by atoms with Crippen LogP contribution in [0.25, 0.3) is 0 Å². The average Bonchev–Trinajstić information content (AvgIpc) is 3.22. The van der Waals surface area contributed by atoms with Crippen LogP contribution in [0.15, 0.2) is 60.8 Å². The van der Waals surface area contributed by atoms with Crippen molar-refractivity contribution in [1.82, 2.24) is 0 Å². The van der Waals surface area contributed by atoms with Crippen LogP contribution >= 0.6 is 0 Å². The maximum absolute atomic E-state index is 12.7. The van der Waals surface area contributed by atoms with E-state index in [1.165, 1.54) is 103 Å². The second kappa shape index (κ2) is 46.8. The molecule has 0 saturated carbocycles. The van der Waals surface area contributed by atoms with Gasteiger partial charge in [-0.1, -0.05) is 184 Å². The topological polar surface area (TPSA) is 78.9 Å². The van der Waals surface area contributed by atoms with Crippen LogP contribution < -0.4 is 0 Å². The molecule has 0 aromatic carbocycles. The lowest BCUT2D eigenvalue weighted by molar-refractivity contribution is -0.167. The smallest absolute Gasteiger partial charge is 0.306 e. The maximum atomic E-state index is 12.7. The first-order valence-corrected chi connectivity index (χ1v) is 24.3. The second-order valence-electron chi connectivity index (χ2n) is 16.0. The molecule has 6 nitrogen and oxygen atoms in total. The normalized spacial score (nSPS) is 12.5. The molecule has 0 aliphatic carbocycles. The minimum absolute atomic E-state index is 0.0876. The van der Waals surface area contributed by atoms with Crippen molar-refractivity contribution in [2.75, 3.05) is 13.2 Å². The van der Waals surface area contributed by atoms with Crippen molar-refractivity contribution in [2.45, 2.75) is 239 Å². The molecule has 0 saturated heterocycles. The van der Waals surface area contributed by atoms with Crippen molar-refractivity contribution < 1.29 is 28.6 Å². The fourth-order valence-corrected chi connectivity index (χ4v) is 6.61. The summed E-state index contributed by atoms with van der Waals surface area (Å²) in [5, 5.41) is 0. The summed E-state index contributed by atoms with van der Waals surface area (Å²) in [7, 11) is 0. The first-order chi connectivity index (χ1) is 28.5. The predicted molar refractivity (Wildman–Crippen MR) is 247 cm³/mol. The maximum Gasteiger partial charge on any atom is 0.306 e. The summed E-state index contributed by atoms with van der Waals surface area (Å²) >= 11 is 0.